The van der Waals surface area contributed by atoms with Crippen LogP contribution in [0.1, 0.15) is 0 Å². The lowest BCUT2D eigenvalue weighted by atomic mass is 9.94. The molecule has 0 unspecified atom stereocenters. The van der Waals surface area contributed by atoms with Crippen LogP contribution in [0.15, 0.2) is 170 Å². The average molecular weight is 509 g/mol. The molecule has 8 aromatic rings. The first-order valence-corrected chi connectivity index (χ1v) is 13.8. The van der Waals surface area contributed by atoms with Crippen LogP contribution in [0.2, 0.25) is 0 Å². The van der Waals surface area contributed by atoms with Gasteiger partial charge in [-0.1, -0.05) is 170 Å². The van der Waals surface area contributed by atoms with Gasteiger partial charge >= 0.3 is 0 Å². The molecule has 0 radical (unpaired) electrons. The number of hydrogen-bond donors (Lipinski definition) is 0. The molecule has 0 aliphatic heterocycles. The van der Waals surface area contributed by atoms with Crippen molar-refractivity contribution in [2.75, 3.05) is 0 Å². The van der Waals surface area contributed by atoms with Gasteiger partial charge < -0.3 is 0 Å². The van der Waals surface area contributed by atoms with Gasteiger partial charge in [-0.25, -0.2) is 0 Å². The van der Waals surface area contributed by atoms with E-state index in [0.717, 1.165) is 0 Å². The minimum Gasteiger partial charge on any atom is -0.0616 e. The number of hydrogen-bond acceptors (Lipinski definition) is 0. The van der Waals surface area contributed by atoms with Gasteiger partial charge in [-0.3, -0.25) is 0 Å². The lowest BCUT2D eigenvalue weighted by Gasteiger charge is -2.10. The Labute approximate surface area is 234 Å². The van der Waals surface area contributed by atoms with Crippen molar-refractivity contribution >= 4 is 43.1 Å². The predicted octanol–water partition coefficient (Wildman–Crippen LogP) is 11.3. The summed E-state index contributed by atoms with van der Waals surface area (Å²) >= 11 is 0. The molecule has 0 aliphatic carbocycles. The van der Waals surface area contributed by atoms with Gasteiger partial charge in [0, 0.05) is 0 Å². The van der Waals surface area contributed by atoms with Gasteiger partial charge in [0.05, 0.1) is 0 Å². The second kappa shape index (κ2) is 10.5. The molecule has 0 aromatic heterocycles. The van der Waals surface area contributed by atoms with Crippen LogP contribution in [0.5, 0.6) is 0 Å². The molecule has 8 aromatic carbocycles. The lowest BCUT2D eigenvalue weighted by molar-refractivity contribution is 1.68. The molecule has 0 fully saturated rings. The highest BCUT2D eigenvalue weighted by atomic mass is 14.1. The van der Waals surface area contributed by atoms with E-state index < -0.39 is 0 Å². The first-order valence-electron chi connectivity index (χ1n) is 13.8. The molecule has 0 saturated carbocycles. The van der Waals surface area contributed by atoms with Crippen molar-refractivity contribution in [3.05, 3.63) is 170 Å². The van der Waals surface area contributed by atoms with E-state index in [2.05, 4.69) is 170 Å². The van der Waals surface area contributed by atoms with Gasteiger partial charge in [0.1, 0.15) is 0 Å². The third-order valence-corrected chi connectivity index (χ3v) is 7.74. The molecule has 0 nitrogen and oxygen atoms in total. The standard InChI is InChI=1S/2C20H14/c2*1-3-11-17-15(7-1)9-5-13-19(17)20-14-6-10-16-8-2-4-12-18(16)20/h2*1-14H. The van der Waals surface area contributed by atoms with Gasteiger partial charge in [0.15, 0.2) is 0 Å². The molecule has 188 valence electrons. The van der Waals surface area contributed by atoms with Crippen LogP contribution in [-0.2, 0) is 0 Å². The van der Waals surface area contributed by atoms with Crippen molar-refractivity contribution in [1.29, 1.82) is 0 Å². The summed E-state index contributed by atoms with van der Waals surface area (Å²) in [6.45, 7) is 0. The van der Waals surface area contributed by atoms with Crippen molar-refractivity contribution in [3.63, 3.8) is 0 Å². The highest BCUT2D eigenvalue weighted by Gasteiger charge is 2.08. The molecule has 0 atom stereocenters. The van der Waals surface area contributed by atoms with E-state index in [1.807, 2.05) is 0 Å². The van der Waals surface area contributed by atoms with E-state index in [9.17, 15) is 0 Å². The van der Waals surface area contributed by atoms with Crippen LogP contribution >= 0.6 is 0 Å². The molecule has 8 rings (SSSR count). The van der Waals surface area contributed by atoms with Crippen molar-refractivity contribution in [2.45, 2.75) is 0 Å². The van der Waals surface area contributed by atoms with E-state index in [-0.39, 0.29) is 0 Å². The zero-order chi connectivity index (χ0) is 26.7. The number of rotatable bonds is 2. The minimum atomic E-state index is 1.29. The molecule has 0 spiro atoms. The Morgan fingerprint density at radius 1 is 0.175 bits per heavy atom. The monoisotopic (exact) mass is 508 g/mol. The maximum absolute atomic E-state index is 2.21. The number of benzene rings is 8. The average Bonchev–Trinajstić information content (AvgIpc) is 3.04. The Morgan fingerprint density at radius 2 is 0.375 bits per heavy atom. The lowest BCUT2D eigenvalue weighted by Crippen LogP contribution is -1.83. The topological polar surface area (TPSA) is 0 Å². The van der Waals surface area contributed by atoms with Crippen LogP contribution in [0, 0.1) is 0 Å². The van der Waals surface area contributed by atoms with E-state index in [1.165, 1.54) is 65.3 Å². The fraction of sp³-hybridized carbons (Fsp3) is 0. The molecule has 0 heterocycles. The zero-order valence-corrected chi connectivity index (χ0v) is 22.2. The third kappa shape index (κ3) is 4.40. The van der Waals surface area contributed by atoms with Crippen LogP contribution < -0.4 is 0 Å². The molecular formula is C40H28. The first-order chi connectivity index (χ1) is 19.9. The van der Waals surface area contributed by atoms with Gasteiger partial charge in [0.2, 0.25) is 0 Å². The second-order valence-electron chi connectivity index (χ2n) is 10.1. The summed E-state index contributed by atoms with van der Waals surface area (Å²) in [6, 6.07) is 60.4. The Bertz CT molecular complexity index is 1790. The number of fused-ring (bicyclic) bond motifs is 4. The Morgan fingerprint density at radius 3 is 0.625 bits per heavy atom. The van der Waals surface area contributed by atoms with E-state index in [0.29, 0.717) is 0 Å². The van der Waals surface area contributed by atoms with Gasteiger partial charge in [-0.2, -0.15) is 0 Å². The summed E-state index contributed by atoms with van der Waals surface area (Å²) in [5, 5.41) is 10.4. The first kappa shape index (κ1) is 23.9. The molecule has 0 amide bonds. The molecule has 0 saturated heterocycles. The van der Waals surface area contributed by atoms with Crippen LogP contribution in [0.25, 0.3) is 65.3 Å². The van der Waals surface area contributed by atoms with Gasteiger partial charge in [0.25, 0.3) is 0 Å². The van der Waals surface area contributed by atoms with Gasteiger partial charge in [-0.05, 0) is 65.3 Å². The largest absolute Gasteiger partial charge is 0.0616 e. The summed E-state index contributed by atoms with van der Waals surface area (Å²) in [4.78, 5) is 0. The minimum absolute atomic E-state index is 1.29. The Hall–Kier alpha value is -5.20. The Kier molecular flexibility index (Phi) is 6.28. The molecular weight excluding hydrogens is 480 g/mol. The second-order valence-corrected chi connectivity index (χ2v) is 10.1. The summed E-state index contributed by atoms with van der Waals surface area (Å²) in [7, 11) is 0. The smallest absolute Gasteiger partial charge is 0.00992 e. The van der Waals surface area contributed by atoms with Crippen LogP contribution in [0.4, 0.5) is 0 Å². The maximum atomic E-state index is 2.21. The summed E-state index contributed by atoms with van der Waals surface area (Å²) < 4.78 is 0. The van der Waals surface area contributed by atoms with Crippen molar-refractivity contribution in [1.82, 2.24) is 0 Å². The normalized spacial score (nSPS) is 11.0. The Balaban J connectivity index is 0.000000132. The maximum Gasteiger partial charge on any atom is -0.00992 e. The fourth-order valence-corrected chi connectivity index (χ4v) is 5.84. The molecule has 0 N–H and O–H groups in total. The summed E-state index contributed by atoms with van der Waals surface area (Å²) in [5.74, 6) is 0. The van der Waals surface area contributed by atoms with E-state index in [1.54, 1.807) is 0 Å². The summed E-state index contributed by atoms with van der Waals surface area (Å²) in [6.07, 6.45) is 0. The van der Waals surface area contributed by atoms with Crippen LogP contribution in [-0.4, -0.2) is 0 Å². The molecule has 0 aliphatic rings. The van der Waals surface area contributed by atoms with Crippen LogP contribution in [0.3, 0.4) is 0 Å². The van der Waals surface area contributed by atoms with Crippen molar-refractivity contribution in [3.8, 4) is 22.3 Å². The predicted molar refractivity (Wildman–Crippen MR) is 174 cm³/mol. The van der Waals surface area contributed by atoms with Crippen molar-refractivity contribution in [2.24, 2.45) is 0 Å². The molecule has 0 heteroatoms. The third-order valence-electron chi connectivity index (χ3n) is 7.74. The van der Waals surface area contributed by atoms with E-state index in [4.69, 9.17) is 0 Å². The molecule has 0 bridgehead atoms. The fourth-order valence-electron chi connectivity index (χ4n) is 5.84. The van der Waals surface area contributed by atoms with E-state index >= 15 is 0 Å². The summed E-state index contributed by atoms with van der Waals surface area (Å²) in [5.41, 5.74) is 5.22. The zero-order valence-electron chi connectivity index (χ0n) is 22.2. The SMILES string of the molecule is c1ccc2c(-c3cccc4ccccc34)cccc2c1.c1ccc2c(-c3cccc4ccccc34)cccc2c1. The molecule has 40 heavy (non-hydrogen) atoms. The van der Waals surface area contributed by atoms with Gasteiger partial charge in [-0.15, -0.1) is 0 Å². The quantitative estimate of drug-likeness (QED) is 0.218. The highest BCUT2D eigenvalue weighted by molar-refractivity contribution is 6.06. The highest BCUT2D eigenvalue weighted by Crippen LogP contribution is 2.35. The van der Waals surface area contributed by atoms with Crippen molar-refractivity contribution < 1.29 is 0 Å².